The summed E-state index contributed by atoms with van der Waals surface area (Å²) < 4.78 is 5.32. The summed E-state index contributed by atoms with van der Waals surface area (Å²) in [6.45, 7) is 0. The molecule has 7 heteroatoms. The zero-order chi connectivity index (χ0) is 18.1. The second kappa shape index (κ2) is 7.37. The molecule has 142 valence electrons. The van der Waals surface area contributed by atoms with E-state index in [4.69, 9.17) is 4.52 Å². The van der Waals surface area contributed by atoms with Crippen molar-refractivity contribution in [3.63, 3.8) is 0 Å². The normalized spacial score (nSPS) is 29.1. The van der Waals surface area contributed by atoms with Crippen LogP contribution in [0.5, 0.6) is 0 Å². The Hall–Kier alpha value is -1.92. The van der Waals surface area contributed by atoms with Crippen molar-refractivity contribution < 1.29 is 19.2 Å². The number of aliphatic carboxylic acids is 1. The average Bonchev–Trinajstić information content (AvgIpc) is 3.37. The molecule has 7 nitrogen and oxygen atoms in total. The number of hydrogen-bond acceptors (Lipinski definition) is 5. The topological polar surface area (TPSA) is 96.5 Å². The lowest BCUT2D eigenvalue weighted by molar-refractivity contribution is -0.149. The molecule has 1 amide bonds. The van der Waals surface area contributed by atoms with Gasteiger partial charge in [-0.2, -0.15) is 4.98 Å². The molecule has 3 atom stereocenters. The molecule has 4 rings (SSSR count). The summed E-state index contributed by atoms with van der Waals surface area (Å²) in [6.07, 6.45) is 10.0. The number of hydrogen-bond donors (Lipinski definition) is 1. The van der Waals surface area contributed by atoms with E-state index in [0.29, 0.717) is 30.6 Å². The molecule has 1 N–H and O–H groups in total. The van der Waals surface area contributed by atoms with Crippen LogP contribution < -0.4 is 0 Å². The standard InChI is InChI=1S/C19H27N3O4/c23-17(10-9-16-20-18(21-26-16)12-5-1-2-6-12)22-14-8-4-3-7-13(14)11-15(22)19(24)25/h12-15H,1-11H2,(H,24,25)/t13-,14+,15+/m1/s1. The van der Waals surface area contributed by atoms with Crippen LogP contribution in [0.1, 0.15) is 81.8 Å². The SMILES string of the molecule is O=C(O)[C@@H]1C[C@H]2CCCC[C@@H]2N1C(=O)CCc1nc(C2CCCC2)no1. The number of carbonyl (C=O) groups excluding carboxylic acids is 1. The molecule has 0 radical (unpaired) electrons. The van der Waals surface area contributed by atoms with E-state index >= 15 is 0 Å². The van der Waals surface area contributed by atoms with E-state index in [-0.39, 0.29) is 18.4 Å². The maximum Gasteiger partial charge on any atom is 0.326 e. The fraction of sp³-hybridized carbons (Fsp3) is 0.789. The summed E-state index contributed by atoms with van der Waals surface area (Å²) in [7, 11) is 0. The first kappa shape index (κ1) is 17.5. The van der Waals surface area contributed by atoms with Crippen molar-refractivity contribution in [3.8, 4) is 0 Å². The molecular formula is C19H27N3O4. The highest BCUT2D eigenvalue weighted by molar-refractivity contribution is 5.84. The van der Waals surface area contributed by atoms with Crippen LogP contribution in [-0.2, 0) is 16.0 Å². The third-order valence-electron chi connectivity index (χ3n) is 6.42. The smallest absolute Gasteiger partial charge is 0.326 e. The van der Waals surface area contributed by atoms with Gasteiger partial charge in [-0.05, 0) is 38.0 Å². The summed E-state index contributed by atoms with van der Waals surface area (Å²) in [4.78, 5) is 30.6. The Labute approximate surface area is 153 Å². The van der Waals surface area contributed by atoms with Crippen LogP contribution in [0.2, 0.25) is 0 Å². The number of carboxylic acid groups (broad SMARTS) is 1. The van der Waals surface area contributed by atoms with Crippen LogP contribution in [0.25, 0.3) is 0 Å². The third kappa shape index (κ3) is 3.35. The van der Waals surface area contributed by atoms with Gasteiger partial charge in [-0.25, -0.2) is 4.79 Å². The molecule has 2 heterocycles. The maximum atomic E-state index is 12.8. The lowest BCUT2D eigenvalue weighted by Crippen LogP contribution is -2.46. The Morgan fingerprint density at radius 3 is 2.62 bits per heavy atom. The van der Waals surface area contributed by atoms with Crippen LogP contribution in [0.4, 0.5) is 0 Å². The van der Waals surface area contributed by atoms with Gasteiger partial charge in [0.15, 0.2) is 5.82 Å². The van der Waals surface area contributed by atoms with Gasteiger partial charge in [0.1, 0.15) is 6.04 Å². The Kier molecular flexibility index (Phi) is 4.96. The minimum atomic E-state index is -0.881. The van der Waals surface area contributed by atoms with Gasteiger partial charge < -0.3 is 14.5 Å². The largest absolute Gasteiger partial charge is 0.480 e. The number of carbonyl (C=O) groups is 2. The monoisotopic (exact) mass is 361 g/mol. The fourth-order valence-corrected chi connectivity index (χ4v) is 5.10. The quantitative estimate of drug-likeness (QED) is 0.866. The zero-order valence-electron chi connectivity index (χ0n) is 15.1. The van der Waals surface area contributed by atoms with Crippen molar-refractivity contribution in [2.45, 2.75) is 88.6 Å². The van der Waals surface area contributed by atoms with Crippen molar-refractivity contribution in [2.75, 3.05) is 0 Å². The first-order chi connectivity index (χ1) is 12.6. The Bertz CT molecular complexity index is 667. The summed E-state index contributed by atoms with van der Waals surface area (Å²) in [5.41, 5.74) is 0. The van der Waals surface area contributed by atoms with Crippen molar-refractivity contribution in [1.82, 2.24) is 15.0 Å². The first-order valence-corrected chi connectivity index (χ1v) is 10.00. The Balaban J connectivity index is 1.39. The first-order valence-electron chi connectivity index (χ1n) is 10.00. The van der Waals surface area contributed by atoms with E-state index in [9.17, 15) is 14.7 Å². The maximum absolute atomic E-state index is 12.8. The Morgan fingerprint density at radius 2 is 1.85 bits per heavy atom. The van der Waals surface area contributed by atoms with Crippen molar-refractivity contribution in [1.29, 1.82) is 0 Å². The van der Waals surface area contributed by atoms with Gasteiger partial charge in [-0.1, -0.05) is 30.8 Å². The number of nitrogens with zero attached hydrogens (tertiary/aromatic N) is 3. The van der Waals surface area contributed by atoms with Crippen molar-refractivity contribution in [2.24, 2.45) is 5.92 Å². The van der Waals surface area contributed by atoms with E-state index < -0.39 is 12.0 Å². The molecule has 0 aromatic carbocycles. The van der Waals surface area contributed by atoms with E-state index in [1.165, 1.54) is 12.8 Å². The van der Waals surface area contributed by atoms with Crippen LogP contribution in [0.15, 0.2) is 4.52 Å². The third-order valence-corrected chi connectivity index (χ3v) is 6.42. The number of rotatable bonds is 5. The minimum absolute atomic E-state index is 0.0904. The minimum Gasteiger partial charge on any atom is -0.480 e. The zero-order valence-corrected chi connectivity index (χ0v) is 15.1. The molecular weight excluding hydrogens is 334 g/mol. The second-order valence-electron chi connectivity index (χ2n) is 8.03. The Morgan fingerprint density at radius 1 is 1.12 bits per heavy atom. The molecule has 3 fully saturated rings. The van der Waals surface area contributed by atoms with Gasteiger partial charge in [0.2, 0.25) is 11.8 Å². The molecule has 1 aromatic rings. The van der Waals surface area contributed by atoms with E-state index in [2.05, 4.69) is 10.1 Å². The predicted octanol–water partition coefficient (Wildman–Crippen LogP) is 2.90. The molecule has 2 aliphatic carbocycles. The van der Waals surface area contributed by atoms with Crippen LogP contribution >= 0.6 is 0 Å². The van der Waals surface area contributed by atoms with E-state index in [0.717, 1.165) is 44.3 Å². The lowest BCUT2D eigenvalue weighted by Gasteiger charge is -2.33. The summed E-state index contributed by atoms with van der Waals surface area (Å²) >= 11 is 0. The average molecular weight is 361 g/mol. The van der Waals surface area contributed by atoms with Crippen molar-refractivity contribution >= 4 is 11.9 Å². The van der Waals surface area contributed by atoms with Gasteiger partial charge in [0, 0.05) is 24.8 Å². The lowest BCUT2D eigenvalue weighted by atomic mass is 9.84. The molecule has 1 aliphatic heterocycles. The number of carboxylic acids is 1. The highest BCUT2D eigenvalue weighted by Gasteiger charge is 2.47. The number of aromatic nitrogens is 2. The van der Waals surface area contributed by atoms with Gasteiger partial charge in [0.05, 0.1) is 0 Å². The van der Waals surface area contributed by atoms with Gasteiger partial charge in [0.25, 0.3) is 0 Å². The number of likely N-dealkylation sites (tertiary alicyclic amines) is 1. The highest BCUT2D eigenvalue weighted by atomic mass is 16.5. The molecule has 0 spiro atoms. The van der Waals surface area contributed by atoms with Gasteiger partial charge in [-0.3, -0.25) is 4.79 Å². The molecule has 0 unspecified atom stereocenters. The van der Waals surface area contributed by atoms with Gasteiger partial charge in [-0.15, -0.1) is 0 Å². The molecule has 26 heavy (non-hydrogen) atoms. The number of fused-ring (bicyclic) bond motifs is 1. The second-order valence-corrected chi connectivity index (χ2v) is 8.03. The highest BCUT2D eigenvalue weighted by Crippen LogP contribution is 2.40. The van der Waals surface area contributed by atoms with Gasteiger partial charge >= 0.3 is 5.97 Å². The summed E-state index contributed by atoms with van der Waals surface area (Å²) in [6, 6.07) is -0.582. The molecule has 1 aromatic heterocycles. The van der Waals surface area contributed by atoms with Crippen LogP contribution in [-0.4, -0.2) is 44.1 Å². The summed E-state index contributed by atoms with van der Waals surface area (Å²) in [5, 5.41) is 13.6. The molecule has 2 saturated carbocycles. The molecule has 1 saturated heterocycles. The summed E-state index contributed by atoms with van der Waals surface area (Å²) in [5.74, 6) is 1.02. The fourth-order valence-electron chi connectivity index (χ4n) is 5.10. The van der Waals surface area contributed by atoms with Crippen LogP contribution in [0.3, 0.4) is 0 Å². The molecule has 3 aliphatic rings. The number of amides is 1. The molecule has 0 bridgehead atoms. The number of aryl methyl sites for hydroxylation is 1. The van der Waals surface area contributed by atoms with E-state index in [1.807, 2.05) is 0 Å². The van der Waals surface area contributed by atoms with Crippen molar-refractivity contribution in [3.05, 3.63) is 11.7 Å². The predicted molar refractivity (Wildman–Crippen MR) is 92.5 cm³/mol. The van der Waals surface area contributed by atoms with Crippen LogP contribution in [0, 0.1) is 5.92 Å². The van der Waals surface area contributed by atoms with E-state index in [1.54, 1.807) is 4.90 Å².